The van der Waals surface area contributed by atoms with E-state index in [1.807, 2.05) is 49.4 Å². The van der Waals surface area contributed by atoms with Gasteiger partial charge in [0.25, 0.3) is 5.56 Å². The van der Waals surface area contributed by atoms with Gasteiger partial charge < -0.3 is 5.11 Å². The second-order valence-electron chi connectivity index (χ2n) is 5.59. The number of aromatic amines is 1. The van der Waals surface area contributed by atoms with Crippen molar-refractivity contribution in [3.63, 3.8) is 0 Å². The first kappa shape index (κ1) is 17.2. The van der Waals surface area contributed by atoms with E-state index in [4.69, 9.17) is 0 Å². The Kier molecular flexibility index (Phi) is 4.94. The maximum Gasteiger partial charge on any atom is 0.335 e. The molecule has 0 unspecified atom stereocenters. The molecule has 6 nitrogen and oxygen atoms in total. The van der Waals surface area contributed by atoms with Crippen molar-refractivity contribution < 1.29 is 5.11 Å². The van der Waals surface area contributed by atoms with Crippen molar-refractivity contribution in [2.75, 3.05) is 0 Å². The van der Waals surface area contributed by atoms with Gasteiger partial charge in [-0.2, -0.15) is 0 Å². The second kappa shape index (κ2) is 7.48. The number of hydrogen-bond acceptors (Lipinski definition) is 4. The number of aryl methyl sites for hydroxylation is 1. The van der Waals surface area contributed by atoms with Gasteiger partial charge in [0.15, 0.2) is 0 Å². The quantitative estimate of drug-likeness (QED) is 0.711. The summed E-state index contributed by atoms with van der Waals surface area (Å²) in [7, 11) is 0. The lowest BCUT2D eigenvalue weighted by Gasteiger charge is -2.11. The van der Waals surface area contributed by atoms with Crippen LogP contribution in [0.5, 0.6) is 5.88 Å². The van der Waals surface area contributed by atoms with Crippen LogP contribution in [0, 0.1) is 6.92 Å². The summed E-state index contributed by atoms with van der Waals surface area (Å²) in [6.45, 7) is 1.81. The standard InChI is InChI=1S/C20H17N3O3/c1-14-8-5-6-12-17(14)23-19(25)16(18(24)22-20(23)26)11-7-13-21-15-9-3-2-4-10-15/h2-13,25H,1H3,(H,22,24,26). The highest BCUT2D eigenvalue weighted by atomic mass is 16.3. The summed E-state index contributed by atoms with van der Waals surface area (Å²) in [6.07, 6.45) is 4.45. The molecule has 0 radical (unpaired) electrons. The first-order valence-electron chi connectivity index (χ1n) is 7.98. The van der Waals surface area contributed by atoms with E-state index in [1.54, 1.807) is 12.1 Å². The SMILES string of the molecule is Cc1ccccc1-n1c(O)c(C=CC=Nc2ccccc2)c(=O)[nH]c1=O. The summed E-state index contributed by atoms with van der Waals surface area (Å²) in [5.41, 5.74) is 0.669. The largest absolute Gasteiger partial charge is 0.494 e. The third-order valence-electron chi connectivity index (χ3n) is 3.81. The molecular formula is C20H17N3O3. The maximum atomic E-state index is 12.2. The molecule has 0 fully saturated rings. The van der Waals surface area contributed by atoms with Crippen molar-refractivity contribution in [1.82, 2.24) is 9.55 Å². The Morgan fingerprint density at radius 1 is 1.04 bits per heavy atom. The second-order valence-corrected chi connectivity index (χ2v) is 5.59. The highest BCUT2D eigenvalue weighted by Crippen LogP contribution is 2.19. The average molecular weight is 347 g/mol. The lowest BCUT2D eigenvalue weighted by molar-refractivity contribution is 0.429. The van der Waals surface area contributed by atoms with Crippen molar-refractivity contribution in [3.8, 4) is 11.6 Å². The number of aromatic nitrogens is 2. The molecule has 0 saturated heterocycles. The number of nitrogens with zero attached hydrogens (tertiary/aromatic N) is 2. The zero-order chi connectivity index (χ0) is 18.5. The summed E-state index contributed by atoms with van der Waals surface area (Å²) in [5, 5.41) is 10.5. The Hall–Kier alpha value is -3.67. The van der Waals surface area contributed by atoms with Gasteiger partial charge in [-0.1, -0.05) is 36.4 Å². The Labute approximate surface area is 149 Å². The number of para-hydroxylation sites is 2. The third-order valence-corrected chi connectivity index (χ3v) is 3.81. The zero-order valence-corrected chi connectivity index (χ0v) is 14.1. The fourth-order valence-corrected chi connectivity index (χ4v) is 2.51. The number of hydrogen-bond donors (Lipinski definition) is 2. The van der Waals surface area contributed by atoms with Crippen molar-refractivity contribution in [2.45, 2.75) is 6.92 Å². The molecule has 0 atom stereocenters. The lowest BCUT2D eigenvalue weighted by Crippen LogP contribution is -2.30. The first-order valence-corrected chi connectivity index (χ1v) is 7.98. The van der Waals surface area contributed by atoms with E-state index in [0.717, 1.165) is 15.8 Å². The Balaban J connectivity index is 2.01. The Bertz CT molecular complexity index is 1090. The molecule has 0 spiro atoms. The summed E-state index contributed by atoms with van der Waals surface area (Å²) in [5.74, 6) is -0.419. The molecule has 0 aliphatic rings. The van der Waals surface area contributed by atoms with Gasteiger partial charge in [-0.3, -0.25) is 14.8 Å². The molecule has 3 rings (SSSR count). The van der Waals surface area contributed by atoms with Gasteiger partial charge in [0.2, 0.25) is 5.88 Å². The number of aliphatic imine (C=N–C) groups is 1. The van der Waals surface area contributed by atoms with Crippen molar-refractivity contribution in [3.05, 3.63) is 92.6 Å². The van der Waals surface area contributed by atoms with Crippen LogP contribution in [-0.4, -0.2) is 20.9 Å². The molecule has 6 heteroatoms. The van der Waals surface area contributed by atoms with Crippen LogP contribution >= 0.6 is 0 Å². The molecule has 130 valence electrons. The maximum absolute atomic E-state index is 12.2. The van der Waals surface area contributed by atoms with E-state index in [2.05, 4.69) is 9.98 Å². The van der Waals surface area contributed by atoms with Crippen LogP contribution in [-0.2, 0) is 0 Å². The zero-order valence-electron chi connectivity index (χ0n) is 14.1. The van der Waals surface area contributed by atoms with E-state index in [9.17, 15) is 14.7 Å². The molecule has 3 aromatic rings. The van der Waals surface area contributed by atoms with Crippen LogP contribution in [0.15, 0.2) is 75.3 Å². The van der Waals surface area contributed by atoms with Crippen LogP contribution in [0.25, 0.3) is 11.8 Å². The van der Waals surface area contributed by atoms with E-state index >= 15 is 0 Å². The number of nitrogens with one attached hydrogen (secondary N) is 1. The van der Waals surface area contributed by atoms with Crippen LogP contribution < -0.4 is 11.2 Å². The van der Waals surface area contributed by atoms with Crippen molar-refractivity contribution in [2.24, 2.45) is 4.99 Å². The minimum Gasteiger partial charge on any atom is -0.494 e. The Morgan fingerprint density at radius 3 is 2.46 bits per heavy atom. The predicted octanol–water partition coefficient (Wildman–Crippen LogP) is 2.96. The predicted molar refractivity (Wildman–Crippen MR) is 103 cm³/mol. The lowest BCUT2D eigenvalue weighted by atomic mass is 10.2. The highest BCUT2D eigenvalue weighted by Gasteiger charge is 2.14. The Morgan fingerprint density at radius 2 is 1.73 bits per heavy atom. The monoisotopic (exact) mass is 347 g/mol. The summed E-state index contributed by atoms with van der Waals surface area (Å²) < 4.78 is 1.07. The minimum absolute atomic E-state index is 0.0210. The van der Waals surface area contributed by atoms with Gasteiger partial charge in [0.1, 0.15) is 5.56 Å². The van der Waals surface area contributed by atoms with E-state index in [1.165, 1.54) is 18.4 Å². The van der Waals surface area contributed by atoms with Crippen molar-refractivity contribution >= 4 is 18.0 Å². The van der Waals surface area contributed by atoms with Gasteiger partial charge >= 0.3 is 5.69 Å². The molecule has 0 bridgehead atoms. The van der Waals surface area contributed by atoms with Crippen LogP contribution in [0.3, 0.4) is 0 Å². The van der Waals surface area contributed by atoms with Gasteiger partial charge in [0, 0.05) is 6.21 Å². The molecule has 26 heavy (non-hydrogen) atoms. The van der Waals surface area contributed by atoms with Gasteiger partial charge in [0.05, 0.1) is 11.4 Å². The van der Waals surface area contributed by atoms with Crippen LogP contribution in [0.1, 0.15) is 11.1 Å². The molecule has 1 aromatic heterocycles. The molecule has 2 N–H and O–H groups in total. The fraction of sp³-hybridized carbons (Fsp3) is 0.0500. The topological polar surface area (TPSA) is 87.4 Å². The molecule has 0 aliphatic carbocycles. The molecule has 0 amide bonds. The van der Waals surface area contributed by atoms with Crippen LogP contribution in [0.2, 0.25) is 0 Å². The summed E-state index contributed by atoms with van der Waals surface area (Å²) in [6, 6.07) is 16.4. The minimum atomic E-state index is -0.697. The van der Waals surface area contributed by atoms with Gasteiger partial charge in [-0.25, -0.2) is 9.36 Å². The number of H-pyrrole nitrogens is 1. The molecule has 0 saturated carbocycles. The fourth-order valence-electron chi connectivity index (χ4n) is 2.51. The molecule has 0 aliphatic heterocycles. The van der Waals surface area contributed by atoms with E-state index in [-0.39, 0.29) is 5.56 Å². The molecule has 1 heterocycles. The van der Waals surface area contributed by atoms with Crippen molar-refractivity contribution in [1.29, 1.82) is 0 Å². The number of allylic oxidation sites excluding steroid dienone is 1. The van der Waals surface area contributed by atoms with E-state index < -0.39 is 17.1 Å². The smallest absolute Gasteiger partial charge is 0.335 e. The van der Waals surface area contributed by atoms with Crippen LogP contribution in [0.4, 0.5) is 5.69 Å². The molecule has 2 aromatic carbocycles. The summed E-state index contributed by atoms with van der Waals surface area (Å²) >= 11 is 0. The number of rotatable bonds is 4. The average Bonchev–Trinajstić information content (AvgIpc) is 2.63. The number of aromatic hydroxyl groups is 1. The van der Waals surface area contributed by atoms with Gasteiger partial charge in [-0.05, 0) is 42.8 Å². The van der Waals surface area contributed by atoms with E-state index in [0.29, 0.717) is 5.69 Å². The first-order chi connectivity index (χ1) is 12.6. The molecular weight excluding hydrogens is 330 g/mol. The summed E-state index contributed by atoms with van der Waals surface area (Å²) in [4.78, 5) is 30.7. The normalized spacial score (nSPS) is 11.4. The van der Waals surface area contributed by atoms with Gasteiger partial charge in [-0.15, -0.1) is 0 Å². The highest BCUT2D eigenvalue weighted by molar-refractivity contribution is 5.81. The third kappa shape index (κ3) is 3.54. The number of benzene rings is 2.